The standard InChI is InChI=1S/C17H19NO/c1-13-5-3-4-6-16(13)17(11-19-12-17)14-7-9-15(18-2)10-8-14/h3-10,18H,11-12H2,1-2H3. The Morgan fingerprint density at radius 1 is 1.00 bits per heavy atom. The number of anilines is 1. The van der Waals surface area contributed by atoms with Crippen molar-refractivity contribution in [1.82, 2.24) is 0 Å². The zero-order valence-electron chi connectivity index (χ0n) is 11.4. The molecule has 0 atom stereocenters. The van der Waals surface area contributed by atoms with Gasteiger partial charge in [0.15, 0.2) is 0 Å². The Hall–Kier alpha value is -1.80. The van der Waals surface area contributed by atoms with E-state index in [1.165, 1.54) is 16.7 Å². The molecule has 0 spiro atoms. The van der Waals surface area contributed by atoms with Crippen LogP contribution in [0.4, 0.5) is 5.69 Å². The lowest BCUT2D eigenvalue weighted by Gasteiger charge is -2.43. The summed E-state index contributed by atoms with van der Waals surface area (Å²) in [6, 6.07) is 17.3. The van der Waals surface area contributed by atoms with E-state index in [-0.39, 0.29) is 5.41 Å². The monoisotopic (exact) mass is 253 g/mol. The van der Waals surface area contributed by atoms with Crippen LogP contribution >= 0.6 is 0 Å². The minimum absolute atomic E-state index is 0.0393. The highest BCUT2D eigenvalue weighted by molar-refractivity contribution is 5.50. The van der Waals surface area contributed by atoms with E-state index in [9.17, 15) is 0 Å². The quantitative estimate of drug-likeness (QED) is 0.905. The van der Waals surface area contributed by atoms with E-state index in [0.29, 0.717) is 0 Å². The zero-order chi connectivity index (χ0) is 13.3. The average molecular weight is 253 g/mol. The summed E-state index contributed by atoms with van der Waals surface area (Å²) in [5.41, 5.74) is 5.25. The third kappa shape index (κ3) is 1.92. The second-order valence-electron chi connectivity index (χ2n) is 5.22. The van der Waals surface area contributed by atoms with Crippen LogP contribution in [-0.4, -0.2) is 20.3 Å². The van der Waals surface area contributed by atoms with E-state index in [4.69, 9.17) is 4.74 Å². The van der Waals surface area contributed by atoms with Crippen LogP contribution < -0.4 is 5.32 Å². The lowest BCUT2D eigenvalue weighted by Crippen LogP contribution is -2.48. The van der Waals surface area contributed by atoms with Crippen molar-refractivity contribution in [3.63, 3.8) is 0 Å². The van der Waals surface area contributed by atoms with Crippen LogP contribution in [0.3, 0.4) is 0 Å². The molecule has 1 aliphatic rings. The summed E-state index contributed by atoms with van der Waals surface area (Å²) < 4.78 is 5.54. The molecule has 0 saturated carbocycles. The Balaban J connectivity index is 2.05. The molecule has 1 fully saturated rings. The molecule has 1 N–H and O–H groups in total. The molecule has 1 saturated heterocycles. The Bertz CT molecular complexity index is 570. The van der Waals surface area contributed by atoms with Crippen LogP contribution in [0.5, 0.6) is 0 Å². The van der Waals surface area contributed by atoms with Crippen LogP contribution in [0.15, 0.2) is 48.5 Å². The first-order chi connectivity index (χ1) is 9.26. The van der Waals surface area contributed by atoms with Crippen LogP contribution in [0.25, 0.3) is 0 Å². The molecule has 3 rings (SSSR count). The smallest absolute Gasteiger partial charge is 0.0672 e. The summed E-state index contributed by atoms with van der Waals surface area (Å²) in [5.74, 6) is 0. The number of hydrogen-bond acceptors (Lipinski definition) is 2. The highest BCUT2D eigenvalue weighted by Gasteiger charge is 2.42. The third-order valence-electron chi connectivity index (χ3n) is 4.08. The lowest BCUT2D eigenvalue weighted by molar-refractivity contribution is -0.0382. The van der Waals surface area contributed by atoms with Crippen molar-refractivity contribution in [3.8, 4) is 0 Å². The second-order valence-corrected chi connectivity index (χ2v) is 5.22. The fourth-order valence-electron chi connectivity index (χ4n) is 2.85. The van der Waals surface area contributed by atoms with Crippen LogP contribution in [0, 0.1) is 6.92 Å². The fourth-order valence-corrected chi connectivity index (χ4v) is 2.85. The minimum Gasteiger partial charge on any atom is -0.388 e. The Morgan fingerprint density at radius 2 is 1.68 bits per heavy atom. The predicted molar refractivity (Wildman–Crippen MR) is 78.8 cm³/mol. The molecular weight excluding hydrogens is 234 g/mol. The van der Waals surface area contributed by atoms with Crippen molar-refractivity contribution in [1.29, 1.82) is 0 Å². The summed E-state index contributed by atoms with van der Waals surface area (Å²) in [7, 11) is 1.94. The minimum atomic E-state index is 0.0393. The summed E-state index contributed by atoms with van der Waals surface area (Å²) in [6.45, 7) is 3.73. The van der Waals surface area contributed by atoms with Gasteiger partial charge in [0.1, 0.15) is 0 Å². The molecule has 0 unspecified atom stereocenters. The van der Waals surface area contributed by atoms with E-state index in [1.54, 1.807) is 0 Å². The Kier molecular flexibility index (Phi) is 3.03. The van der Waals surface area contributed by atoms with Gasteiger partial charge >= 0.3 is 0 Å². The third-order valence-corrected chi connectivity index (χ3v) is 4.08. The van der Waals surface area contributed by atoms with Gasteiger partial charge in [-0.25, -0.2) is 0 Å². The van der Waals surface area contributed by atoms with E-state index in [1.807, 2.05) is 7.05 Å². The van der Waals surface area contributed by atoms with Gasteiger partial charge in [0.2, 0.25) is 0 Å². The van der Waals surface area contributed by atoms with Gasteiger partial charge in [-0.3, -0.25) is 0 Å². The number of hydrogen-bond donors (Lipinski definition) is 1. The number of ether oxygens (including phenoxy) is 1. The van der Waals surface area contributed by atoms with Crippen molar-refractivity contribution in [2.75, 3.05) is 25.6 Å². The van der Waals surface area contributed by atoms with E-state index in [2.05, 4.69) is 60.8 Å². The van der Waals surface area contributed by atoms with Gasteiger partial charge in [-0.1, -0.05) is 36.4 Å². The first-order valence-corrected chi connectivity index (χ1v) is 6.68. The number of aryl methyl sites for hydroxylation is 1. The first-order valence-electron chi connectivity index (χ1n) is 6.68. The van der Waals surface area contributed by atoms with Crippen molar-refractivity contribution in [2.24, 2.45) is 0 Å². The van der Waals surface area contributed by atoms with Crippen molar-refractivity contribution in [3.05, 3.63) is 65.2 Å². The maximum Gasteiger partial charge on any atom is 0.0672 e. The Labute approximate surface area is 114 Å². The predicted octanol–water partition coefficient (Wildman–Crippen LogP) is 3.35. The molecule has 0 amide bonds. The maximum atomic E-state index is 5.54. The SMILES string of the molecule is CNc1ccc(C2(c3ccccc3C)COC2)cc1. The number of rotatable bonds is 3. The topological polar surface area (TPSA) is 21.3 Å². The molecule has 2 aromatic rings. The molecule has 2 nitrogen and oxygen atoms in total. The summed E-state index contributed by atoms with van der Waals surface area (Å²) in [4.78, 5) is 0. The molecule has 0 bridgehead atoms. The van der Waals surface area contributed by atoms with Crippen LogP contribution in [0.1, 0.15) is 16.7 Å². The normalized spacial score (nSPS) is 16.7. The molecule has 19 heavy (non-hydrogen) atoms. The molecule has 98 valence electrons. The number of nitrogens with one attached hydrogen (secondary N) is 1. The lowest BCUT2D eigenvalue weighted by atomic mass is 9.71. The van der Waals surface area contributed by atoms with Crippen molar-refractivity contribution in [2.45, 2.75) is 12.3 Å². The molecule has 0 aliphatic carbocycles. The highest BCUT2D eigenvalue weighted by Crippen LogP contribution is 2.40. The van der Waals surface area contributed by atoms with E-state index < -0.39 is 0 Å². The fraction of sp³-hybridized carbons (Fsp3) is 0.294. The summed E-state index contributed by atoms with van der Waals surface area (Å²) in [5, 5.41) is 3.16. The van der Waals surface area contributed by atoms with Gasteiger partial charge in [-0.15, -0.1) is 0 Å². The van der Waals surface area contributed by atoms with Gasteiger partial charge in [-0.2, -0.15) is 0 Å². The average Bonchev–Trinajstić information content (AvgIpc) is 2.40. The van der Waals surface area contributed by atoms with E-state index in [0.717, 1.165) is 18.9 Å². The van der Waals surface area contributed by atoms with Gasteiger partial charge in [0.25, 0.3) is 0 Å². The summed E-state index contributed by atoms with van der Waals surface area (Å²) in [6.07, 6.45) is 0. The zero-order valence-corrected chi connectivity index (χ0v) is 11.4. The molecule has 0 radical (unpaired) electrons. The summed E-state index contributed by atoms with van der Waals surface area (Å²) >= 11 is 0. The molecule has 0 aromatic heterocycles. The van der Waals surface area contributed by atoms with Crippen LogP contribution in [0.2, 0.25) is 0 Å². The molecule has 2 heteroatoms. The highest BCUT2D eigenvalue weighted by atomic mass is 16.5. The van der Waals surface area contributed by atoms with Crippen molar-refractivity contribution >= 4 is 5.69 Å². The van der Waals surface area contributed by atoms with Gasteiger partial charge in [-0.05, 0) is 35.7 Å². The molecule has 2 aromatic carbocycles. The van der Waals surface area contributed by atoms with Crippen molar-refractivity contribution < 1.29 is 4.74 Å². The Morgan fingerprint density at radius 3 is 2.21 bits per heavy atom. The maximum absolute atomic E-state index is 5.54. The van der Waals surface area contributed by atoms with Crippen LogP contribution in [-0.2, 0) is 10.2 Å². The molecule has 1 aliphatic heterocycles. The number of benzene rings is 2. The largest absolute Gasteiger partial charge is 0.388 e. The van der Waals surface area contributed by atoms with Gasteiger partial charge in [0, 0.05) is 12.7 Å². The molecular formula is C17H19NO. The van der Waals surface area contributed by atoms with Gasteiger partial charge < -0.3 is 10.1 Å². The van der Waals surface area contributed by atoms with Gasteiger partial charge in [0.05, 0.1) is 18.6 Å². The second kappa shape index (κ2) is 4.71. The van der Waals surface area contributed by atoms with E-state index >= 15 is 0 Å². The molecule has 1 heterocycles. The first kappa shape index (κ1) is 12.2.